The minimum atomic E-state index is -3.78. The fraction of sp³-hybridized carbons (Fsp3) is 0.212. The topological polar surface area (TPSA) is 209 Å². The lowest BCUT2D eigenvalue weighted by Gasteiger charge is -2.24. The maximum Gasteiger partial charge on any atom is 0.336 e. The lowest BCUT2D eigenvalue weighted by Crippen LogP contribution is -2.44. The van der Waals surface area contributed by atoms with Crippen LogP contribution in [0.5, 0.6) is 23.0 Å². The second-order valence-corrected chi connectivity index (χ2v) is 15.4. The number of benzene rings is 4. The molecule has 2 atom stereocenters. The van der Waals surface area contributed by atoms with Crippen molar-refractivity contribution in [1.82, 2.24) is 5.48 Å². The Balaban J connectivity index is 0.000000280. The molecule has 4 aromatic rings. The van der Waals surface area contributed by atoms with Crippen LogP contribution in [-0.4, -0.2) is 89.1 Å². The number of halogens is 2. The molecular weight excluding hydrogens is 765 g/mol. The number of hydroxylamine groups is 1. The minimum Gasteiger partial charge on any atom is -0.467 e. The van der Waals surface area contributed by atoms with Crippen molar-refractivity contribution in [2.24, 2.45) is 0 Å². The molecule has 19 heteroatoms. The first kappa shape index (κ1) is 41.8. The monoisotopic (exact) mass is 799 g/mol. The molecule has 0 aliphatic rings. The lowest BCUT2D eigenvalue weighted by molar-refractivity contribution is -0.149. The Morgan fingerprint density at radius 1 is 0.635 bits per heavy atom. The molecule has 4 N–H and O–H groups in total. The molecule has 0 aliphatic carbocycles. The van der Waals surface area contributed by atoms with E-state index in [1.165, 1.54) is 29.7 Å². The van der Waals surface area contributed by atoms with Gasteiger partial charge in [-0.05, 0) is 97.1 Å². The van der Waals surface area contributed by atoms with Crippen LogP contribution in [0.15, 0.2) is 97.1 Å². The molecular formula is C33H35Cl2N3O12S2. The number of nitrogens with one attached hydrogen (secondary N) is 1. The van der Waals surface area contributed by atoms with Crippen molar-refractivity contribution in [3.8, 4) is 23.0 Å². The van der Waals surface area contributed by atoms with E-state index in [1.54, 1.807) is 72.8 Å². The van der Waals surface area contributed by atoms with E-state index in [9.17, 15) is 36.6 Å². The van der Waals surface area contributed by atoms with E-state index >= 15 is 0 Å². The van der Waals surface area contributed by atoms with Crippen LogP contribution in [0, 0.1) is 0 Å². The summed E-state index contributed by atoms with van der Waals surface area (Å²) in [5, 5.41) is 29.1. The van der Waals surface area contributed by atoms with Gasteiger partial charge < -0.3 is 24.4 Å². The number of esters is 1. The van der Waals surface area contributed by atoms with Gasteiger partial charge in [0, 0.05) is 10.0 Å². The van der Waals surface area contributed by atoms with E-state index in [2.05, 4.69) is 4.74 Å². The smallest absolute Gasteiger partial charge is 0.336 e. The van der Waals surface area contributed by atoms with Gasteiger partial charge in [0.25, 0.3) is 5.91 Å². The third-order valence-electron chi connectivity index (χ3n) is 6.71. The molecule has 0 saturated heterocycles. The third-order valence-corrected chi connectivity index (χ3v) is 9.54. The number of aliphatic hydroxyl groups is 2. The molecule has 4 rings (SSSR count). The Kier molecular flexibility index (Phi) is 15.1. The van der Waals surface area contributed by atoms with Crippen LogP contribution in [0.2, 0.25) is 10.0 Å². The molecule has 0 radical (unpaired) electrons. The SMILES string of the molecule is COC(=O)[C@@H](O)CN(c1ccc(Oc2ccc(Cl)cc2)cc1)S(C)(=O)=O.CS(=O)(=O)N(C[C@H](O)C(=O)NO)c1ccc(Oc2ccc(Cl)cc2)cc1. The molecule has 1 amide bonds. The van der Waals surface area contributed by atoms with Crippen molar-refractivity contribution in [2.45, 2.75) is 12.2 Å². The summed E-state index contributed by atoms with van der Waals surface area (Å²) < 4.78 is 65.4. The highest BCUT2D eigenvalue weighted by atomic mass is 35.5. The summed E-state index contributed by atoms with van der Waals surface area (Å²) in [6.45, 7) is -1.01. The van der Waals surface area contributed by atoms with Crippen LogP contribution in [0.1, 0.15) is 0 Å². The van der Waals surface area contributed by atoms with E-state index in [1.807, 2.05) is 0 Å². The second kappa shape index (κ2) is 18.7. The molecule has 4 aromatic carbocycles. The number of hydrogen-bond donors (Lipinski definition) is 4. The second-order valence-electron chi connectivity index (χ2n) is 10.7. The Labute approximate surface area is 310 Å². The number of methoxy groups -OCH3 is 1. The molecule has 0 fully saturated rings. The van der Waals surface area contributed by atoms with Gasteiger partial charge in [0.2, 0.25) is 20.0 Å². The molecule has 52 heavy (non-hydrogen) atoms. The maximum absolute atomic E-state index is 12.0. The molecule has 0 saturated carbocycles. The number of ether oxygens (including phenoxy) is 3. The van der Waals surface area contributed by atoms with Crippen LogP contribution in [0.4, 0.5) is 11.4 Å². The van der Waals surface area contributed by atoms with Crippen molar-refractivity contribution in [3.05, 3.63) is 107 Å². The van der Waals surface area contributed by atoms with Crippen LogP contribution < -0.4 is 23.6 Å². The van der Waals surface area contributed by atoms with Gasteiger partial charge in [-0.25, -0.2) is 27.1 Å². The predicted octanol–water partition coefficient (Wildman–Crippen LogP) is 4.20. The number of sulfonamides is 2. The summed E-state index contributed by atoms with van der Waals surface area (Å²) in [5.74, 6) is 0.0410. The first-order chi connectivity index (χ1) is 24.4. The van der Waals surface area contributed by atoms with Gasteiger partial charge in [0.05, 0.1) is 44.1 Å². The number of aliphatic hydroxyl groups excluding tert-OH is 2. The van der Waals surface area contributed by atoms with Gasteiger partial charge in [0.1, 0.15) is 23.0 Å². The van der Waals surface area contributed by atoms with E-state index in [-0.39, 0.29) is 11.4 Å². The standard InChI is InChI=1S/C17H18ClNO6S.C16H17ClN2O6S/c1-24-17(21)16(20)11-19(26(2,22)23)13-5-9-15(10-6-13)25-14-7-3-12(18)4-8-14;1-26(23,24)19(10-15(20)16(21)18-22)12-4-8-14(9-5-12)25-13-6-2-11(17)3-7-13/h3-10,16,20H,11H2,1-2H3;2-9,15,20,22H,10H2,1H3,(H,18,21)/t16-;15-/m00/s1. The van der Waals surface area contributed by atoms with Crippen LogP contribution in [0.3, 0.4) is 0 Å². The Morgan fingerprint density at radius 3 is 1.23 bits per heavy atom. The summed E-state index contributed by atoms with van der Waals surface area (Å²) in [6, 6.07) is 25.7. The number of rotatable bonds is 14. The van der Waals surface area contributed by atoms with E-state index < -0.39 is 57.2 Å². The number of nitrogens with zero attached hydrogens (tertiary/aromatic N) is 2. The lowest BCUT2D eigenvalue weighted by atomic mass is 10.2. The zero-order valence-corrected chi connectivity index (χ0v) is 30.9. The largest absolute Gasteiger partial charge is 0.467 e. The first-order valence-corrected chi connectivity index (χ1v) is 19.3. The van der Waals surface area contributed by atoms with Gasteiger partial charge in [-0.15, -0.1) is 0 Å². The number of anilines is 2. The minimum absolute atomic E-state index is 0.223. The van der Waals surface area contributed by atoms with Gasteiger partial charge in [-0.3, -0.25) is 18.6 Å². The molecule has 0 heterocycles. The van der Waals surface area contributed by atoms with Crippen molar-refractivity contribution >= 4 is 66.5 Å². The third kappa shape index (κ3) is 12.9. The quantitative estimate of drug-likeness (QED) is 0.0804. The average molecular weight is 801 g/mol. The maximum atomic E-state index is 12.0. The Hall–Kier alpha value is -4.62. The Morgan fingerprint density at radius 2 is 0.942 bits per heavy atom. The summed E-state index contributed by atoms with van der Waals surface area (Å²) >= 11 is 11.6. The normalized spacial score (nSPS) is 12.3. The summed E-state index contributed by atoms with van der Waals surface area (Å²) in [4.78, 5) is 22.6. The highest BCUT2D eigenvalue weighted by Gasteiger charge is 2.26. The first-order valence-electron chi connectivity index (χ1n) is 14.8. The van der Waals surface area contributed by atoms with E-state index in [4.69, 9.17) is 37.9 Å². The molecule has 0 unspecified atom stereocenters. The van der Waals surface area contributed by atoms with Crippen LogP contribution in [-0.2, 0) is 34.4 Å². The van der Waals surface area contributed by atoms with Gasteiger partial charge in [-0.1, -0.05) is 23.2 Å². The van der Waals surface area contributed by atoms with E-state index in [0.717, 1.165) is 28.2 Å². The number of carbonyl (C=O) groups excluding carboxylic acids is 2. The van der Waals surface area contributed by atoms with Gasteiger partial charge >= 0.3 is 5.97 Å². The molecule has 280 valence electrons. The molecule has 0 aliphatic heterocycles. The number of carbonyl (C=O) groups is 2. The summed E-state index contributed by atoms with van der Waals surface area (Å²) in [5.41, 5.74) is 1.77. The van der Waals surface area contributed by atoms with Gasteiger partial charge in [-0.2, -0.15) is 0 Å². The highest BCUT2D eigenvalue weighted by molar-refractivity contribution is 7.92. The Bertz CT molecular complexity index is 1850. The fourth-order valence-corrected chi connectivity index (χ4v) is 6.27. The van der Waals surface area contributed by atoms with Crippen molar-refractivity contribution in [1.29, 1.82) is 0 Å². The van der Waals surface area contributed by atoms with Crippen LogP contribution >= 0.6 is 23.2 Å². The molecule has 0 aromatic heterocycles. The van der Waals surface area contributed by atoms with Crippen molar-refractivity contribution < 1.29 is 56.1 Å². The number of hydrogen-bond acceptors (Lipinski definition) is 12. The van der Waals surface area contributed by atoms with Crippen LogP contribution in [0.25, 0.3) is 0 Å². The average Bonchev–Trinajstić information content (AvgIpc) is 3.10. The highest BCUT2D eigenvalue weighted by Crippen LogP contribution is 2.28. The molecule has 15 nitrogen and oxygen atoms in total. The fourth-order valence-electron chi connectivity index (χ4n) is 4.19. The molecule has 0 bridgehead atoms. The summed E-state index contributed by atoms with van der Waals surface area (Å²) in [7, 11) is -6.39. The predicted molar refractivity (Wildman–Crippen MR) is 194 cm³/mol. The molecule has 0 spiro atoms. The van der Waals surface area contributed by atoms with Crippen molar-refractivity contribution in [3.63, 3.8) is 0 Å². The zero-order chi connectivity index (χ0) is 38.6. The van der Waals surface area contributed by atoms with Crippen molar-refractivity contribution in [2.75, 3.05) is 41.3 Å². The summed E-state index contributed by atoms with van der Waals surface area (Å²) in [6.07, 6.45) is -1.41. The van der Waals surface area contributed by atoms with Gasteiger partial charge in [0.15, 0.2) is 12.2 Å². The van der Waals surface area contributed by atoms with E-state index in [0.29, 0.717) is 33.0 Å². The zero-order valence-electron chi connectivity index (χ0n) is 27.8. The number of amides is 1.